The maximum Gasteiger partial charge on any atom is 0.143 e. The molecule has 0 fully saturated rings. The van der Waals surface area contributed by atoms with Gasteiger partial charge in [0.1, 0.15) is 11.7 Å². The molecule has 1 unspecified atom stereocenters. The Morgan fingerprint density at radius 3 is 1.38 bits per heavy atom. The lowest BCUT2D eigenvalue weighted by molar-refractivity contribution is -0.0669. The molecule has 0 aliphatic rings. The van der Waals surface area contributed by atoms with Crippen LogP contribution in [0.4, 0.5) is 0 Å². The van der Waals surface area contributed by atoms with Crippen molar-refractivity contribution >= 4 is 0 Å². The minimum Gasteiger partial charge on any atom is -0.388 e. The number of aliphatic hydroxyl groups is 1. The Hall–Kier alpha value is -2.46. The minimum absolute atomic E-state index is 0.172. The van der Waals surface area contributed by atoms with E-state index in [0.29, 0.717) is 12.5 Å². The van der Waals surface area contributed by atoms with Crippen LogP contribution in [0, 0.1) is 5.92 Å². The van der Waals surface area contributed by atoms with Gasteiger partial charge in [0, 0.05) is 6.61 Å². The molecule has 0 heterocycles. The van der Waals surface area contributed by atoms with Crippen molar-refractivity contribution in [1.82, 2.24) is 0 Å². The van der Waals surface area contributed by atoms with Crippen LogP contribution < -0.4 is 0 Å². The summed E-state index contributed by atoms with van der Waals surface area (Å²) in [6, 6.07) is 30.9. The predicted molar refractivity (Wildman–Crippen MR) is 177 cm³/mol. The molecule has 0 saturated heterocycles. The van der Waals surface area contributed by atoms with Crippen molar-refractivity contribution in [2.75, 3.05) is 19.8 Å². The summed E-state index contributed by atoms with van der Waals surface area (Å²) in [7, 11) is 0. The lowest BCUT2D eigenvalue weighted by Crippen LogP contribution is -2.36. The van der Waals surface area contributed by atoms with Gasteiger partial charge >= 0.3 is 0 Å². The Balaban J connectivity index is 1.39. The fraction of sp³-hybridized carbons (Fsp3) is 0.538. The Bertz CT molecular complexity index is 940. The normalized spacial score (nSPS) is 13.2. The molecule has 3 heteroatoms. The zero-order chi connectivity index (χ0) is 29.7. The fourth-order valence-electron chi connectivity index (χ4n) is 5.86. The van der Waals surface area contributed by atoms with Crippen LogP contribution in [0.2, 0.25) is 0 Å². The lowest BCUT2D eigenvalue weighted by atomic mass is 9.80. The third-order valence-electron chi connectivity index (χ3n) is 8.30. The molecular formula is C39H56O3. The third kappa shape index (κ3) is 11.7. The monoisotopic (exact) mass is 572 g/mol. The molecule has 0 amide bonds. The molecule has 3 rings (SSSR count). The van der Waals surface area contributed by atoms with Gasteiger partial charge in [-0.25, -0.2) is 0 Å². The molecule has 3 nitrogen and oxygen atoms in total. The highest BCUT2D eigenvalue weighted by Gasteiger charge is 2.38. The van der Waals surface area contributed by atoms with Crippen LogP contribution in [0.15, 0.2) is 91.0 Å². The van der Waals surface area contributed by atoms with E-state index < -0.39 is 11.7 Å². The second-order valence-electron chi connectivity index (χ2n) is 12.1. The van der Waals surface area contributed by atoms with E-state index in [1.807, 2.05) is 54.6 Å². The smallest absolute Gasteiger partial charge is 0.143 e. The Kier molecular flexibility index (Phi) is 16.6. The van der Waals surface area contributed by atoms with Gasteiger partial charge in [0.2, 0.25) is 0 Å². The number of rotatable bonds is 23. The maximum atomic E-state index is 10.9. The molecular weight excluding hydrogens is 516 g/mol. The van der Waals surface area contributed by atoms with Crippen LogP contribution in [-0.4, -0.2) is 31.0 Å². The highest BCUT2D eigenvalue weighted by atomic mass is 16.5. The highest BCUT2D eigenvalue weighted by Crippen LogP contribution is 2.40. The van der Waals surface area contributed by atoms with E-state index in [0.717, 1.165) is 16.7 Å². The minimum atomic E-state index is -0.827. The summed E-state index contributed by atoms with van der Waals surface area (Å²) in [5, 5.41) is 10.9. The number of aliphatic hydroxyl groups excluding tert-OH is 1. The van der Waals surface area contributed by atoms with Gasteiger partial charge in [0.05, 0.1) is 13.2 Å². The van der Waals surface area contributed by atoms with Crippen LogP contribution >= 0.6 is 0 Å². The van der Waals surface area contributed by atoms with Crippen molar-refractivity contribution in [1.29, 1.82) is 0 Å². The van der Waals surface area contributed by atoms with Crippen molar-refractivity contribution in [2.45, 2.75) is 109 Å². The zero-order valence-corrected chi connectivity index (χ0v) is 26.4. The van der Waals surface area contributed by atoms with E-state index >= 15 is 0 Å². The van der Waals surface area contributed by atoms with Crippen molar-refractivity contribution < 1.29 is 14.6 Å². The van der Waals surface area contributed by atoms with E-state index in [1.54, 1.807) is 0 Å². The Morgan fingerprint density at radius 1 is 0.548 bits per heavy atom. The van der Waals surface area contributed by atoms with E-state index in [1.165, 1.54) is 83.5 Å². The van der Waals surface area contributed by atoms with Gasteiger partial charge in [-0.15, -0.1) is 0 Å². The molecule has 0 aliphatic heterocycles. The first-order valence-corrected chi connectivity index (χ1v) is 16.7. The topological polar surface area (TPSA) is 38.7 Å². The van der Waals surface area contributed by atoms with E-state index in [2.05, 4.69) is 50.2 Å². The zero-order valence-electron chi connectivity index (χ0n) is 26.4. The van der Waals surface area contributed by atoms with Gasteiger partial charge in [-0.1, -0.05) is 182 Å². The summed E-state index contributed by atoms with van der Waals surface area (Å²) in [4.78, 5) is 0. The molecule has 2 atom stereocenters. The van der Waals surface area contributed by atoms with Crippen LogP contribution in [0.25, 0.3) is 0 Å². The van der Waals surface area contributed by atoms with Gasteiger partial charge in [0.15, 0.2) is 0 Å². The summed E-state index contributed by atoms with van der Waals surface area (Å²) < 4.78 is 12.7. The standard InChI is InChI=1S/C39H56O3/c1-3-4-5-6-7-8-9-10-11-12-13-17-24-34(2)31-41-32-38(40)33-42-39(35-25-18-14-19-26-35,36-27-20-15-21-28-36)37-29-22-16-23-30-37/h14-16,18-23,25-30,34,38,40H,3-13,17,24,31-33H2,1-2H3/t34?,38-/m1/s1. The largest absolute Gasteiger partial charge is 0.388 e. The molecule has 0 aliphatic carbocycles. The summed E-state index contributed by atoms with van der Waals surface area (Å²) in [6.07, 6.45) is 17.0. The lowest BCUT2D eigenvalue weighted by Gasteiger charge is -2.36. The summed E-state index contributed by atoms with van der Waals surface area (Å²) in [5.74, 6) is 0.498. The molecule has 1 N–H and O–H groups in total. The number of benzene rings is 3. The van der Waals surface area contributed by atoms with E-state index in [9.17, 15) is 5.11 Å². The average Bonchev–Trinajstić information content (AvgIpc) is 3.03. The molecule has 42 heavy (non-hydrogen) atoms. The quantitative estimate of drug-likeness (QED) is 0.0907. The van der Waals surface area contributed by atoms with Gasteiger partial charge in [0.25, 0.3) is 0 Å². The first-order valence-electron chi connectivity index (χ1n) is 16.7. The van der Waals surface area contributed by atoms with Crippen LogP contribution in [0.3, 0.4) is 0 Å². The number of unbranched alkanes of at least 4 members (excludes halogenated alkanes) is 11. The summed E-state index contributed by atoms with van der Waals surface area (Å²) in [6.45, 7) is 5.66. The van der Waals surface area contributed by atoms with Crippen molar-refractivity contribution in [2.24, 2.45) is 5.92 Å². The van der Waals surface area contributed by atoms with Crippen LogP contribution in [0.5, 0.6) is 0 Å². The second kappa shape index (κ2) is 20.4. The second-order valence-corrected chi connectivity index (χ2v) is 12.1. The molecule has 0 spiro atoms. The molecule has 230 valence electrons. The van der Waals surface area contributed by atoms with E-state index in [-0.39, 0.29) is 13.2 Å². The molecule has 0 saturated carbocycles. The summed E-state index contributed by atoms with van der Waals surface area (Å²) >= 11 is 0. The number of ether oxygens (including phenoxy) is 2. The highest BCUT2D eigenvalue weighted by molar-refractivity contribution is 5.47. The fourth-order valence-corrected chi connectivity index (χ4v) is 5.86. The molecule has 3 aromatic carbocycles. The predicted octanol–water partition coefficient (Wildman–Crippen LogP) is 10.1. The Morgan fingerprint density at radius 2 is 0.952 bits per heavy atom. The van der Waals surface area contributed by atoms with E-state index in [4.69, 9.17) is 9.47 Å². The maximum absolute atomic E-state index is 10.9. The van der Waals surface area contributed by atoms with Gasteiger partial charge in [-0.3, -0.25) is 0 Å². The first kappa shape index (κ1) is 34.0. The molecule has 0 aromatic heterocycles. The Labute approximate surface area is 256 Å². The van der Waals surface area contributed by atoms with Crippen LogP contribution in [-0.2, 0) is 15.1 Å². The average molecular weight is 573 g/mol. The van der Waals surface area contributed by atoms with Gasteiger partial charge in [-0.2, -0.15) is 0 Å². The van der Waals surface area contributed by atoms with Crippen molar-refractivity contribution in [3.8, 4) is 0 Å². The number of hydrogen-bond donors (Lipinski definition) is 1. The SMILES string of the molecule is CCCCCCCCCCCCCCC(C)COC[C@@H](O)COC(c1ccccc1)(c1ccccc1)c1ccccc1. The van der Waals surface area contributed by atoms with Crippen molar-refractivity contribution in [3.63, 3.8) is 0 Å². The molecule has 0 radical (unpaired) electrons. The molecule has 3 aromatic rings. The van der Waals surface area contributed by atoms with Gasteiger partial charge < -0.3 is 14.6 Å². The van der Waals surface area contributed by atoms with Gasteiger partial charge in [-0.05, 0) is 29.0 Å². The number of hydrogen-bond acceptors (Lipinski definition) is 3. The van der Waals surface area contributed by atoms with Crippen molar-refractivity contribution in [3.05, 3.63) is 108 Å². The first-order chi connectivity index (χ1) is 20.7. The summed E-state index contributed by atoms with van der Waals surface area (Å²) in [5.41, 5.74) is 2.27. The third-order valence-corrected chi connectivity index (χ3v) is 8.30. The van der Waals surface area contributed by atoms with Crippen LogP contribution in [0.1, 0.15) is 114 Å². The molecule has 0 bridgehead atoms.